The summed E-state index contributed by atoms with van der Waals surface area (Å²) in [5, 5.41) is 6.55. The van der Waals surface area contributed by atoms with Crippen molar-refractivity contribution >= 4 is 16.0 Å². The summed E-state index contributed by atoms with van der Waals surface area (Å²) in [7, 11) is -1.26. The van der Waals surface area contributed by atoms with Crippen LogP contribution in [0.3, 0.4) is 0 Å². The summed E-state index contributed by atoms with van der Waals surface area (Å²) in [6.07, 6.45) is 5.92. The average molecular weight is 360 g/mol. The average Bonchev–Trinajstić information content (AvgIpc) is 2.92. The maximum Gasteiger partial charge on any atom is 0.214 e. The lowest BCUT2D eigenvalue weighted by molar-refractivity contribution is 0.147. The van der Waals surface area contributed by atoms with E-state index in [1.807, 2.05) is 0 Å². The molecule has 24 heavy (non-hydrogen) atoms. The zero-order valence-corrected chi connectivity index (χ0v) is 15.9. The molecule has 0 aromatic carbocycles. The first-order valence-corrected chi connectivity index (χ1v) is 10.8. The monoisotopic (exact) mass is 359 g/mol. The van der Waals surface area contributed by atoms with Crippen LogP contribution >= 0.6 is 0 Å². The quantitative estimate of drug-likeness (QED) is 0.510. The Morgan fingerprint density at radius 3 is 2.50 bits per heavy atom. The highest BCUT2D eigenvalue weighted by Gasteiger charge is 2.27. The largest absolute Gasteiger partial charge is 0.355 e. The van der Waals surface area contributed by atoms with Crippen molar-refractivity contribution < 1.29 is 8.42 Å². The molecule has 0 spiro atoms. The van der Waals surface area contributed by atoms with Gasteiger partial charge in [0.05, 0.1) is 5.75 Å². The Morgan fingerprint density at radius 2 is 1.88 bits per heavy atom. The first kappa shape index (κ1) is 19.5. The fourth-order valence-corrected chi connectivity index (χ4v) is 5.13. The van der Waals surface area contributed by atoms with E-state index in [9.17, 15) is 8.42 Å². The molecule has 0 amide bonds. The van der Waals surface area contributed by atoms with Crippen molar-refractivity contribution in [3.05, 3.63) is 0 Å². The number of aliphatic imine (C=N–C) groups is 1. The maximum absolute atomic E-state index is 11.8. The number of piperidine rings is 1. The summed E-state index contributed by atoms with van der Waals surface area (Å²) in [4.78, 5) is 6.79. The summed E-state index contributed by atoms with van der Waals surface area (Å²) in [5.41, 5.74) is 0. The first-order valence-electron chi connectivity index (χ1n) is 9.23. The third kappa shape index (κ3) is 5.60. The smallest absolute Gasteiger partial charge is 0.214 e. The van der Waals surface area contributed by atoms with Crippen LogP contribution in [0, 0.1) is 0 Å². The third-order valence-corrected chi connectivity index (χ3v) is 6.95. The standard InChI is InChI=1S/C16H33N5O2S/c1-3-15-7-4-5-10-20(15)12-8-18-16(17-2)19-9-13-21-11-6-14-24(21,22)23/h15H,3-14H2,1-2H3,(H2,17,18,19). The molecule has 0 bridgehead atoms. The molecule has 7 nitrogen and oxygen atoms in total. The lowest BCUT2D eigenvalue weighted by Crippen LogP contribution is -2.47. The van der Waals surface area contributed by atoms with Crippen LogP contribution in [0.4, 0.5) is 0 Å². The lowest BCUT2D eigenvalue weighted by atomic mass is 10.0. The van der Waals surface area contributed by atoms with Crippen molar-refractivity contribution in [1.82, 2.24) is 19.8 Å². The van der Waals surface area contributed by atoms with Crippen LogP contribution in [-0.4, -0.2) is 81.7 Å². The van der Waals surface area contributed by atoms with Gasteiger partial charge in [-0.3, -0.25) is 9.89 Å². The maximum atomic E-state index is 11.8. The zero-order valence-electron chi connectivity index (χ0n) is 15.1. The van der Waals surface area contributed by atoms with Crippen molar-refractivity contribution in [3.63, 3.8) is 0 Å². The van der Waals surface area contributed by atoms with Crippen molar-refractivity contribution in [2.24, 2.45) is 4.99 Å². The minimum absolute atomic E-state index is 0.286. The fraction of sp³-hybridized carbons (Fsp3) is 0.938. The van der Waals surface area contributed by atoms with Gasteiger partial charge in [0.15, 0.2) is 5.96 Å². The SMILES string of the molecule is CCC1CCCCN1CCNC(=NC)NCCN1CCCS1(=O)=O. The van der Waals surface area contributed by atoms with Crippen LogP contribution in [0.5, 0.6) is 0 Å². The number of nitrogens with one attached hydrogen (secondary N) is 2. The van der Waals surface area contributed by atoms with E-state index in [1.54, 1.807) is 11.4 Å². The highest BCUT2D eigenvalue weighted by atomic mass is 32.2. The molecule has 0 radical (unpaired) electrons. The van der Waals surface area contributed by atoms with Crippen molar-refractivity contribution in [1.29, 1.82) is 0 Å². The fourth-order valence-electron chi connectivity index (χ4n) is 3.60. The molecule has 2 fully saturated rings. The number of hydrogen-bond acceptors (Lipinski definition) is 4. The van der Waals surface area contributed by atoms with Crippen molar-refractivity contribution in [2.75, 3.05) is 52.1 Å². The topological polar surface area (TPSA) is 77.0 Å². The molecule has 2 saturated heterocycles. The number of rotatable bonds is 7. The van der Waals surface area contributed by atoms with E-state index in [2.05, 4.69) is 27.4 Å². The highest BCUT2D eigenvalue weighted by molar-refractivity contribution is 7.89. The number of sulfonamides is 1. The van der Waals surface area contributed by atoms with Crippen molar-refractivity contribution in [2.45, 2.75) is 45.1 Å². The Labute approximate surface area is 146 Å². The molecule has 2 N–H and O–H groups in total. The Hall–Kier alpha value is -0.860. The van der Waals surface area contributed by atoms with Gasteiger partial charge >= 0.3 is 0 Å². The molecule has 0 aromatic rings. The van der Waals surface area contributed by atoms with E-state index in [0.717, 1.165) is 31.5 Å². The number of likely N-dealkylation sites (tertiary alicyclic amines) is 1. The van der Waals surface area contributed by atoms with E-state index in [1.165, 1.54) is 32.2 Å². The second kappa shape index (κ2) is 9.58. The van der Waals surface area contributed by atoms with Gasteiger partial charge in [-0.15, -0.1) is 0 Å². The molecular formula is C16H33N5O2S. The van der Waals surface area contributed by atoms with E-state index >= 15 is 0 Å². The van der Waals surface area contributed by atoms with Crippen LogP contribution in [0.15, 0.2) is 4.99 Å². The molecule has 0 aromatic heterocycles. The molecule has 2 heterocycles. The predicted octanol–water partition coefficient (Wildman–Crippen LogP) is 0.451. The van der Waals surface area contributed by atoms with Gasteiger partial charge in [-0.2, -0.15) is 0 Å². The lowest BCUT2D eigenvalue weighted by Gasteiger charge is -2.35. The summed E-state index contributed by atoms with van der Waals surface area (Å²) >= 11 is 0. The molecule has 140 valence electrons. The second-order valence-electron chi connectivity index (χ2n) is 6.59. The van der Waals surface area contributed by atoms with E-state index in [4.69, 9.17) is 0 Å². The Morgan fingerprint density at radius 1 is 1.12 bits per heavy atom. The minimum atomic E-state index is -3.01. The summed E-state index contributed by atoms with van der Waals surface area (Å²) in [6.45, 7) is 7.08. The van der Waals surface area contributed by atoms with Crippen LogP contribution < -0.4 is 10.6 Å². The van der Waals surface area contributed by atoms with Crippen molar-refractivity contribution in [3.8, 4) is 0 Å². The summed E-state index contributed by atoms with van der Waals surface area (Å²) in [5.74, 6) is 1.03. The van der Waals surface area contributed by atoms with E-state index < -0.39 is 10.0 Å². The summed E-state index contributed by atoms with van der Waals surface area (Å²) in [6, 6.07) is 0.718. The van der Waals surface area contributed by atoms with Crippen LogP contribution in [0.1, 0.15) is 39.0 Å². The Bertz CT molecular complexity index is 509. The highest BCUT2D eigenvalue weighted by Crippen LogP contribution is 2.18. The summed E-state index contributed by atoms with van der Waals surface area (Å²) < 4.78 is 25.1. The molecular weight excluding hydrogens is 326 g/mol. The van der Waals surface area contributed by atoms with Crippen LogP contribution in [0.2, 0.25) is 0 Å². The molecule has 2 aliphatic heterocycles. The van der Waals surface area contributed by atoms with Gasteiger partial charge in [0.1, 0.15) is 0 Å². The number of guanidine groups is 1. The first-order chi connectivity index (χ1) is 11.6. The second-order valence-corrected chi connectivity index (χ2v) is 8.68. The van der Waals surface area contributed by atoms with E-state index in [-0.39, 0.29) is 5.75 Å². The van der Waals surface area contributed by atoms with Crippen LogP contribution in [-0.2, 0) is 10.0 Å². The van der Waals surface area contributed by atoms with Gasteiger partial charge in [-0.05, 0) is 32.2 Å². The van der Waals surface area contributed by atoms with Crippen LogP contribution in [0.25, 0.3) is 0 Å². The predicted molar refractivity (Wildman–Crippen MR) is 98.8 cm³/mol. The van der Waals surface area contributed by atoms with Gasteiger partial charge in [0, 0.05) is 45.8 Å². The van der Waals surface area contributed by atoms with Gasteiger partial charge in [-0.1, -0.05) is 13.3 Å². The number of hydrogen-bond donors (Lipinski definition) is 2. The molecule has 2 rings (SSSR count). The molecule has 2 aliphatic rings. The zero-order chi connectivity index (χ0) is 17.4. The molecule has 8 heteroatoms. The van der Waals surface area contributed by atoms with Gasteiger partial charge < -0.3 is 10.6 Å². The van der Waals surface area contributed by atoms with Gasteiger partial charge in [0.2, 0.25) is 10.0 Å². The Kier molecular flexibility index (Phi) is 7.77. The molecule has 0 saturated carbocycles. The molecule has 1 unspecified atom stereocenters. The third-order valence-electron chi connectivity index (χ3n) is 4.99. The number of nitrogens with zero attached hydrogens (tertiary/aromatic N) is 3. The van der Waals surface area contributed by atoms with Gasteiger partial charge in [-0.25, -0.2) is 12.7 Å². The molecule has 0 aliphatic carbocycles. The molecule has 1 atom stereocenters. The minimum Gasteiger partial charge on any atom is -0.355 e. The van der Waals surface area contributed by atoms with Gasteiger partial charge in [0.25, 0.3) is 0 Å². The normalized spacial score (nSPS) is 25.8. The van der Waals surface area contributed by atoms with E-state index in [0.29, 0.717) is 19.6 Å². The Balaban J connectivity index is 1.65.